The van der Waals surface area contributed by atoms with E-state index in [9.17, 15) is 8.42 Å². The molecule has 0 aliphatic carbocycles. The molecule has 1 aliphatic heterocycles. The van der Waals surface area contributed by atoms with E-state index in [1.165, 1.54) is 12.1 Å². The zero-order chi connectivity index (χ0) is 13.9. The first-order chi connectivity index (χ1) is 8.99. The van der Waals surface area contributed by atoms with E-state index in [-0.39, 0.29) is 22.3 Å². The quantitative estimate of drug-likeness (QED) is 0.814. The first-order valence-corrected chi connectivity index (χ1v) is 8.06. The van der Waals surface area contributed by atoms with E-state index < -0.39 is 10.0 Å². The molecule has 1 aromatic carbocycles. The Bertz CT molecular complexity index is 603. The van der Waals surface area contributed by atoms with Crippen molar-refractivity contribution in [2.75, 3.05) is 19.6 Å². The molecule has 1 aliphatic rings. The first kappa shape index (κ1) is 17.8. The van der Waals surface area contributed by atoms with Crippen molar-refractivity contribution in [2.24, 2.45) is 0 Å². The number of hydrogen-bond donors (Lipinski definition) is 2. The lowest BCUT2D eigenvalue weighted by Gasteiger charge is -2.15. The van der Waals surface area contributed by atoms with Crippen molar-refractivity contribution in [2.45, 2.75) is 11.3 Å². The highest BCUT2D eigenvalue weighted by Gasteiger charge is 2.18. The summed E-state index contributed by atoms with van der Waals surface area (Å²) in [6, 6.07) is 4.38. The molecule has 0 bridgehead atoms. The van der Waals surface area contributed by atoms with E-state index in [0.717, 1.165) is 25.1 Å². The second-order valence-electron chi connectivity index (χ2n) is 4.22. The van der Waals surface area contributed by atoms with Gasteiger partial charge in [0.1, 0.15) is 4.90 Å². The minimum atomic E-state index is -3.64. The van der Waals surface area contributed by atoms with Crippen LogP contribution in [0.2, 0.25) is 10.0 Å². The molecule has 2 rings (SSSR count). The highest BCUT2D eigenvalue weighted by atomic mass is 35.5. The van der Waals surface area contributed by atoms with E-state index in [2.05, 4.69) is 10.0 Å². The van der Waals surface area contributed by atoms with Gasteiger partial charge in [-0.15, -0.1) is 12.4 Å². The van der Waals surface area contributed by atoms with Crippen LogP contribution in [0, 0.1) is 0 Å². The van der Waals surface area contributed by atoms with Gasteiger partial charge in [0.2, 0.25) is 10.0 Å². The standard InChI is InChI=1S/C12H14Cl2N2O2S.ClH/c13-10-1-2-11(14)12(7-10)19(17,18)16-8-9-3-5-15-6-4-9;/h1-3,7,15-16H,4-6,8H2;1H. The molecular formula is C12H15Cl3N2O2S. The third-order valence-corrected chi connectivity index (χ3v) is 4.95. The number of hydrogen-bond acceptors (Lipinski definition) is 3. The highest BCUT2D eigenvalue weighted by molar-refractivity contribution is 7.89. The molecule has 0 saturated carbocycles. The van der Waals surface area contributed by atoms with E-state index in [1.54, 1.807) is 6.07 Å². The molecule has 4 nitrogen and oxygen atoms in total. The topological polar surface area (TPSA) is 58.2 Å². The van der Waals surface area contributed by atoms with Crippen molar-refractivity contribution in [1.29, 1.82) is 0 Å². The zero-order valence-corrected chi connectivity index (χ0v) is 13.7. The lowest BCUT2D eigenvalue weighted by molar-refractivity contribution is 0.582. The zero-order valence-electron chi connectivity index (χ0n) is 10.5. The maximum absolute atomic E-state index is 12.2. The summed E-state index contributed by atoms with van der Waals surface area (Å²) in [6.07, 6.45) is 2.83. The van der Waals surface area contributed by atoms with Crippen LogP contribution >= 0.6 is 35.6 Å². The van der Waals surface area contributed by atoms with Gasteiger partial charge in [-0.25, -0.2) is 13.1 Å². The van der Waals surface area contributed by atoms with Gasteiger partial charge in [0.25, 0.3) is 0 Å². The average molecular weight is 358 g/mol. The molecule has 112 valence electrons. The van der Waals surface area contributed by atoms with Crippen LogP contribution in [0.5, 0.6) is 0 Å². The van der Waals surface area contributed by atoms with E-state index in [1.807, 2.05) is 6.08 Å². The Morgan fingerprint density at radius 3 is 2.70 bits per heavy atom. The van der Waals surface area contributed by atoms with Crippen molar-refractivity contribution in [3.05, 3.63) is 39.9 Å². The van der Waals surface area contributed by atoms with Gasteiger partial charge in [-0.3, -0.25) is 0 Å². The van der Waals surface area contributed by atoms with Crippen LogP contribution in [0.25, 0.3) is 0 Å². The van der Waals surface area contributed by atoms with E-state index >= 15 is 0 Å². The third-order valence-electron chi connectivity index (χ3n) is 2.83. The average Bonchev–Trinajstić information content (AvgIpc) is 2.40. The summed E-state index contributed by atoms with van der Waals surface area (Å²) in [5.74, 6) is 0. The Kier molecular flexibility index (Phi) is 6.78. The molecule has 1 aromatic rings. The fourth-order valence-electron chi connectivity index (χ4n) is 1.78. The van der Waals surface area contributed by atoms with Gasteiger partial charge in [-0.05, 0) is 31.2 Å². The maximum Gasteiger partial charge on any atom is 0.242 e. The minimum Gasteiger partial charge on any atom is -0.313 e. The number of halogens is 3. The van der Waals surface area contributed by atoms with E-state index in [0.29, 0.717) is 11.6 Å². The lowest BCUT2D eigenvalue weighted by Crippen LogP contribution is -2.29. The molecular weight excluding hydrogens is 343 g/mol. The van der Waals surface area contributed by atoms with Gasteiger partial charge in [-0.2, -0.15) is 0 Å². The molecule has 0 fully saturated rings. The third kappa shape index (κ3) is 4.62. The Morgan fingerprint density at radius 2 is 2.05 bits per heavy atom. The van der Waals surface area contributed by atoms with Crippen molar-refractivity contribution in [1.82, 2.24) is 10.0 Å². The Balaban J connectivity index is 0.00000200. The minimum absolute atomic E-state index is 0. The smallest absolute Gasteiger partial charge is 0.242 e. The summed E-state index contributed by atoms with van der Waals surface area (Å²) in [5, 5.41) is 3.67. The summed E-state index contributed by atoms with van der Waals surface area (Å²) in [4.78, 5) is 0.0104. The Hall–Kier alpha value is -0.300. The van der Waals surface area contributed by atoms with Crippen molar-refractivity contribution in [3.63, 3.8) is 0 Å². The molecule has 8 heteroatoms. The number of sulfonamides is 1. The van der Waals surface area contributed by atoms with Gasteiger partial charge in [0, 0.05) is 18.1 Å². The lowest BCUT2D eigenvalue weighted by atomic mass is 10.1. The number of nitrogens with one attached hydrogen (secondary N) is 2. The second-order valence-corrected chi connectivity index (χ2v) is 6.79. The molecule has 0 unspecified atom stereocenters. The molecule has 1 heterocycles. The van der Waals surface area contributed by atoms with Crippen LogP contribution in [0.4, 0.5) is 0 Å². The second kappa shape index (κ2) is 7.64. The maximum atomic E-state index is 12.2. The fourth-order valence-corrected chi connectivity index (χ4v) is 3.58. The summed E-state index contributed by atoms with van der Waals surface area (Å²) in [7, 11) is -3.64. The summed E-state index contributed by atoms with van der Waals surface area (Å²) >= 11 is 11.7. The van der Waals surface area contributed by atoms with Crippen molar-refractivity contribution < 1.29 is 8.42 Å². The summed E-state index contributed by atoms with van der Waals surface area (Å²) in [5.41, 5.74) is 1.07. The van der Waals surface area contributed by atoms with Crippen LogP contribution in [-0.4, -0.2) is 28.1 Å². The number of benzene rings is 1. The van der Waals surface area contributed by atoms with Crippen LogP contribution in [0.1, 0.15) is 6.42 Å². The van der Waals surface area contributed by atoms with Gasteiger partial charge in [0.05, 0.1) is 5.02 Å². The molecule has 20 heavy (non-hydrogen) atoms. The van der Waals surface area contributed by atoms with Crippen LogP contribution < -0.4 is 10.0 Å². The van der Waals surface area contributed by atoms with E-state index in [4.69, 9.17) is 23.2 Å². The molecule has 0 spiro atoms. The SMILES string of the molecule is Cl.O=S(=O)(NCC1=CCNCC1)c1cc(Cl)ccc1Cl. The highest BCUT2D eigenvalue weighted by Crippen LogP contribution is 2.24. The first-order valence-electron chi connectivity index (χ1n) is 5.82. The van der Waals surface area contributed by atoms with Gasteiger partial charge < -0.3 is 5.32 Å². The molecule has 0 saturated heterocycles. The Labute approximate surface area is 135 Å². The monoisotopic (exact) mass is 356 g/mol. The molecule has 0 amide bonds. The molecule has 0 aromatic heterocycles. The van der Waals surface area contributed by atoms with Gasteiger partial charge in [-0.1, -0.05) is 34.9 Å². The van der Waals surface area contributed by atoms with Crippen molar-refractivity contribution in [3.8, 4) is 0 Å². The fraction of sp³-hybridized carbons (Fsp3) is 0.333. The number of rotatable bonds is 4. The summed E-state index contributed by atoms with van der Waals surface area (Å²) < 4.78 is 26.8. The predicted octanol–water partition coefficient (Wildman–Crippen LogP) is 2.61. The van der Waals surface area contributed by atoms with Crippen LogP contribution in [-0.2, 0) is 10.0 Å². The molecule has 2 N–H and O–H groups in total. The normalized spacial score (nSPS) is 15.4. The Morgan fingerprint density at radius 1 is 1.30 bits per heavy atom. The van der Waals surface area contributed by atoms with Gasteiger partial charge >= 0.3 is 0 Å². The predicted molar refractivity (Wildman–Crippen MR) is 84.5 cm³/mol. The largest absolute Gasteiger partial charge is 0.313 e. The molecule has 0 radical (unpaired) electrons. The van der Waals surface area contributed by atoms with Crippen LogP contribution in [0.3, 0.4) is 0 Å². The van der Waals surface area contributed by atoms with Crippen LogP contribution in [0.15, 0.2) is 34.7 Å². The summed E-state index contributed by atoms with van der Waals surface area (Å²) in [6.45, 7) is 1.94. The van der Waals surface area contributed by atoms with Crippen molar-refractivity contribution >= 4 is 45.6 Å². The van der Waals surface area contributed by atoms with Gasteiger partial charge in [0.15, 0.2) is 0 Å². The molecule has 0 atom stereocenters.